The Hall–Kier alpha value is -3.27. The van der Waals surface area contributed by atoms with Gasteiger partial charge in [0.15, 0.2) is 0 Å². The van der Waals surface area contributed by atoms with Gasteiger partial charge in [-0.25, -0.2) is 0 Å². The minimum absolute atomic E-state index is 0.0723. The molecule has 0 aliphatic rings. The number of carboxylic acid groups (broad SMARTS) is 1. The molecule has 0 saturated carbocycles. The molecule has 3 rings (SSSR count). The predicted octanol–water partition coefficient (Wildman–Crippen LogP) is 4.96. The Labute approximate surface area is 159 Å². The molecule has 4 heteroatoms. The summed E-state index contributed by atoms with van der Waals surface area (Å²) >= 11 is 0. The van der Waals surface area contributed by atoms with Gasteiger partial charge >= 0.3 is 5.97 Å². The molecule has 138 valence electrons. The Morgan fingerprint density at radius 2 is 1.70 bits per heavy atom. The van der Waals surface area contributed by atoms with Gasteiger partial charge in [-0.3, -0.25) is 4.79 Å². The maximum atomic E-state index is 10.8. The van der Waals surface area contributed by atoms with E-state index in [0.29, 0.717) is 24.5 Å². The van der Waals surface area contributed by atoms with E-state index in [1.54, 1.807) is 13.2 Å². The van der Waals surface area contributed by atoms with Crippen molar-refractivity contribution >= 4 is 5.97 Å². The van der Waals surface area contributed by atoms with E-state index in [0.717, 1.165) is 16.7 Å². The van der Waals surface area contributed by atoms with Crippen LogP contribution in [0.2, 0.25) is 0 Å². The minimum Gasteiger partial charge on any atom is -0.496 e. The zero-order valence-electron chi connectivity index (χ0n) is 15.2. The standard InChI is InChI=1S/C23H22O4/c1-26-22-15-21(12-10-19(22)11-13-23(24)25)27-16-17-6-5-9-20(14-17)18-7-3-2-4-8-18/h2-10,12,14-15H,11,13,16H2,1H3,(H,24,25). The molecule has 0 heterocycles. The third kappa shape index (κ3) is 5.11. The van der Waals surface area contributed by atoms with Crippen LogP contribution < -0.4 is 9.47 Å². The largest absolute Gasteiger partial charge is 0.496 e. The van der Waals surface area contributed by atoms with E-state index >= 15 is 0 Å². The number of carboxylic acids is 1. The van der Waals surface area contributed by atoms with Crippen LogP contribution in [0.3, 0.4) is 0 Å². The molecule has 0 aliphatic heterocycles. The lowest BCUT2D eigenvalue weighted by Gasteiger charge is -2.12. The summed E-state index contributed by atoms with van der Waals surface area (Å²) in [6.07, 6.45) is 0.501. The first-order valence-corrected chi connectivity index (χ1v) is 8.81. The van der Waals surface area contributed by atoms with Crippen molar-refractivity contribution in [1.29, 1.82) is 0 Å². The van der Waals surface area contributed by atoms with Crippen molar-refractivity contribution in [1.82, 2.24) is 0 Å². The van der Waals surface area contributed by atoms with Crippen LogP contribution in [0.1, 0.15) is 17.5 Å². The highest BCUT2D eigenvalue weighted by Crippen LogP contribution is 2.27. The summed E-state index contributed by atoms with van der Waals surface area (Å²) in [6.45, 7) is 0.443. The topological polar surface area (TPSA) is 55.8 Å². The molecule has 0 bridgehead atoms. The van der Waals surface area contributed by atoms with Gasteiger partial charge in [0.25, 0.3) is 0 Å². The summed E-state index contributed by atoms with van der Waals surface area (Å²) in [5, 5.41) is 8.84. The molecule has 0 fully saturated rings. The van der Waals surface area contributed by atoms with Gasteiger partial charge in [-0.15, -0.1) is 0 Å². The van der Waals surface area contributed by atoms with Crippen LogP contribution >= 0.6 is 0 Å². The molecule has 27 heavy (non-hydrogen) atoms. The highest BCUT2D eigenvalue weighted by Gasteiger charge is 2.08. The van der Waals surface area contributed by atoms with Crippen molar-refractivity contribution in [3.05, 3.63) is 83.9 Å². The van der Waals surface area contributed by atoms with Crippen LogP contribution in [-0.2, 0) is 17.8 Å². The van der Waals surface area contributed by atoms with Crippen LogP contribution in [0.5, 0.6) is 11.5 Å². The number of rotatable bonds is 8. The Morgan fingerprint density at radius 1 is 0.926 bits per heavy atom. The Morgan fingerprint density at radius 3 is 2.44 bits per heavy atom. The molecule has 3 aromatic rings. The molecule has 0 amide bonds. The smallest absolute Gasteiger partial charge is 0.303 e. The second-order valence-electron chi connectivity index (χ2n) is 6.22. The van der Waals surface area contributed by atoms with E-state index in [2.05, 4.69) is 24.3 Å². The van der Waals surface area contributed by atoms with E-state index in [4.69, 9.17) is 14.6 Å². The molecule has 0 unspecified atom stereocenters. The van der Waals surface area contributed by atoms with Gasteiger partial charge in [0.2, 0.25) is 0 Å². The Balaban J connectivity index is 1.69. The van der Waals surface area contributed by atoms with Crippen molar-refractivity contribution in [2.24, 2.45) is 0 Å². The number of aliphatic carboxylic acids is 1. The molecule has 0 saturated heterocycles. The van der Waals surface area contributed by atoms with Gasteiger partial charge in [0, 0.05) is 12.5 Å². The zero-order chi connectivity index (χ0) is 19.1. The van der Waals surface area contributed by atoms with Gasteiger partial charge in [-0.2, -0.15) is 0 Å². The van der Waals surface area contributed by atoms with Crippen molar-refractivity contribution < 1.29 is 19.4 Å². The van der Waals surface area contributed by atoms with E-state index in [9.17, 15) is 4.79 Å². The quantitative estimate of drug-likeness (QED) is 0.615. The first-order chi connectivity index (χ1) is 13.2. The monoisotopic (exact) mass is 362 g/mol. The van der Waals surface area contributed by atoms with E-state index in [1.165, 1.54) is 5.56 Å². The van der Waals surface area contributed by atoms with Gasteiger partial charge in [0.05, 0.1) is 7.11 Å². The first-order valence-electron chi connectivity index (χ1n) is 8.81. The lowest BCUT2D eigenvalue weighted by Crippen LogP contribution is -2.01. The Bertz CT molecular complexity index is 903. The molecule has 0 radical (unpaired) electrons. The lowest BCUT2D eigenvalue weighted by atomic mass is 10.0. The van der Waals surface area contributed by atoms with Gasteiger partial charge < -0.3 is 14.6 Å². The third-order valence-electron chi connectivity index (χ3n) is 4.31. The summed E-state index contributed by atoms with van der Waals surface area (Å²) in [7, 11) is 1.58. The number of benzene rings is 3. The van der Waals surface area contributed by atoms with E-state index in [1.807, 2.05) is 42.5 Å². The molecular formula is C23H22O4. The summed E-state index contributed by atoms with van der Waals surface area (Å²) < 4.78 is 11.3. The van der Waals surface area contributed by atoms with Crippen molar-refractivity contribution in [2.45, 2.75) is 19.4 Å². The summed E-state index contributed by atoms with van der Waals surface area (Å²) in [6, 6.07) is 24.0. The van der Waals surface area contributed by atoms with Crippen LogP contribution in [0, 0.1) is 0 Å². The average Bonchev–Trinajstić information content (AvgIpc) is 2.71. The predicted molar refractivity (Wildman–Crippen MR) is 105 cm³/mol. The maximum Gasteiger partial charge on any atom is 0.303 e. The third-order valence-corrected chi connectivity index (χ3v) is 4.31. The van der Waals surface area contributed by atoms with Crippen LogP contribution in [-0.4, -0.2) is 18.2 Å². The number of ether oxygens (including phenoxy) is 2. The average molecular weight is 362 g/mol. The van der Waals surface area contributed by atoms with Crippen LogP contribution in [0.4, 0.5) is 0 Å². The van der Waals surface area contributed by atoms with Crippen LogP contribution in [0.15, 0.2) is 72.8 Å². The highest BCUT2D eigenvalue weighted by atomic mass is 16.5. The first kappa shape index (κ1) is 18.5. The number of carbonyl (C=O) groups is 1. The molecular weight excluding hydrogens is 340 g/mol. The second kappa shape index (κ2) is 8.90. The van der Waals surface area contributed by atoms with E-state index < -0.39 is 5.97 Å². The van der Waals surface area contributed by atoms with Crippen molar-refractivity contribution in [2.75, 3.05) is 7.11 Å². The molecule has 0 atom stereocenters. The van der Waals surface area contributed by atoms with E-state index in [-0.39, 0.29) is 6.42 Å². The van der Waals surface area contributed by atoms with Gasteiger partial charge in [-0.1, -0.05) is 54.6 Å². The number of methoxy groups -OCH3 is 1. The SMILES string of the molecule is COc1cc(OCc2cccc(-c3ccccc3)c2)ccc1CCC(=O)O. The molecule has 3 aromatic carbocycles. The Kier molecular flexibility index (Phi) is 6.10. The summed E-state index contributed by atoms with van der Waals surface area (Å²) in [5.74, 6) is 0.513. The summed E-state index contributed by atoms with van der Waals surface area (Å²) in [4.78, 5) is 10.8. The molecule has 0 aliphatic carbocycles. The molecule has 4 nitrogen and oxygen atoms in total. The number of aryl methyl sites for hydroxylation is 1. The molecule has 0 aromatic heterocycles. The fourth-order valence-electron chi connectivity index (χ4n) is 2.90. The molecule has 0 spiro atoms. The summed E-state index contributed by atoms with van der Waals surface area (Å²) in [5.41, 5.74) is 4.26. The van der Waals surface area contributed by atoms with Crippen molar-refractivity contribution in [3.8, 4) is 22.6 Å². The number of hydrogen-bond acceptors (Lipinski definition) is 3. The lowest BCUT2D eigenvalue weighted by molar-refractivity contribution is -0.136. The van der Waals surface area contributed by atoms with Gasteiger partial charge in [0.1, 0.15) is 18.1 Å². The second-order valence-corrected chi connectivity index (χ2v) is 6.22. The normalized spacial score (nSPS) is 10.4. The van der Waals surface area contributed by atoms with Crippen LogP contribution in [0.25, 0.3) is 11.1 Å². The highest BCUT2D eigenvalue weighted by molar-refractivity contribution is 5.67. The number of hydrogen-bond donors (Lipinski definition) is 1. The fourth-order valence-corrected chi connectivity index (χ4v) is 2.90. The molecule has 1 N–H and O–H groups in total. The van der Waals surface area contributed by atoms with Crippen molar-refractivity contribution in [3.63, 3.8) is 0 Å². The zero-order valence-corrected chi connectivity index (χ0v) is 15.2. The fraction of sp³-hybridized carbons (Fsp3) is 0.174. The maximum absolute atomic E-state index is 10.8. The van der Waals surface area contributed by atoms with Gasteiger partial charge in [-0.05, 0) is 40.8 Å². The minimum atomic E-state index is -0.823.